The number of benzene rings is 1. The molecule has 3 N–H and O–H groups in total. The zero-order valence-corrected chi connectivity index (χ0v) is 26.0. The Morgan fingerprint density at radius 1 is 0.744 bits per heavy atom. The number of likely N-dealkylation sites (tertiary alicyclic amines) is 2. The number of carboxylic acid groups (broad SMARTS) is 1. The van der Waals surface area contributed by atoms with E-state index in [-0.39, 0.29) is 11.8 Å². The van der Waals surface area contributed by atoms with Gasteiger partial charge >= 0.3 is 5.97 Å². The zero-order chi connectivity index (χ0) is 30.0. The number of nitrogens with zero attached hydrogens (tertiary/aromatic N) is 8. The lowest BCUT2D eigenvalue weighted by Gasteiger charge is -2.38. The molecule has 1 amide bonds. The van der Waals surface area contributed by atoms with Crippen LogP contribution in [0.4, 0.5) is 0 Å². The van der Waals surface area contributed by atoms with E-state index < -0.39 is 5.97 Å². The SMILES string of the molecule is O=C(C1CCN(Cc2cn[nH]n2)CC1)N1CCN(Cc2ccccc2Br)CC1.O=C(O)C1CCN(Cc2cn[nH]n2)CC1. The highest BCUT2D eigenvalue weighted by Crippen LogP contribution is 2.23. The molecule has 3 fully saturated rings. The summed E-state index contributed by atoms with van der Waals surface area (Å²) in [5.41, 5.74) is 3.18. The molecular weight excluding hydrogens is 616 g/mol. The van der Waals surface area contributed by atoms with Crippen LogP contribution in [0.25, 0.3) is 0 Å². The molecule has 0 bridgehead atoms. The van der Waals surface area contributed by atoms with Gasteiger partial charge in [0.1, 0.15) is 0 Å². The average Bonchev–Trinajstić information content (AvgIpc) is 3.74. The number of carboxylic acids is 1. The fraction of sp³-hybridized carbons (Fsp3) is 0.586. The van der Waals surface area contributed by atoms with Crippen LogP contribution in [0.2, 0.25) is 0 Å². The van der Waals surface area contributed by atoms with Gasteiger partial charge in [0.25, 0.3) is 0 Å². The molecule has 232 valence electrons. The fourth-order valence-corrected chi connectivity index (χ4v) is 6.40. The van der Waals surface area contributed by atoms with Gasteiger partial charge in [-0.25, -0.2) is 0 Å². The van der Waals surface area contributed by atoms with E-state index in [1.807, 2.05) is 6.07 Å². The van der Waals surface area contributed by atoms with E-state index in [2.05, 4.69) is 84.6 Å². The monoisotopic (exact) mass is 656 g/mol. The van der Waals surface area contributed by atoms with Gasteiger partial charge in [0.15, 0.2) is 0 Å². The third kappa shape index (κ3) is 9.15. The molecule has 0 saturated carbocycles. The molecular formula is C29H41BrN10O3. The number of piperazine rings is 1. The topological polar surface area (TPSA) is 150 Å². The number of H-pyrrole nitrogens is 2. The summed E-state index contributed by atoms with van der Waals surface area (Å²) in [7, 11) is 0. The first-order chi connectivity index (χ1) is 20.9. The molecule has 3 saturated heterocycles. The van der Waals surface area contributed by atoms with Crippen molar-refractivity contribution in [3.63, 3.8) is 0 Å². The number of aromatic amines is 2. The summed E-state index contributed by atoms with van der Waals surface area (Å²) in [5.74, 6) is -0.320. The first-order valence-electron chi connectivity index (χ1n) is 15.1. The molecule has 14 heteroatoms. The van der Waals surface area contributed by atoms with Crippen LogP contribution in [-0.2, 0) is 29.2 Å². The highest BCUT2D eigenvalue weighted by Gasteiger charge is 2.30. The number of hydrogen-bond donors (Lipinski definition) is 3. The van der Waals surface area contributed by atoms with E-state index in [0.717, 1.165) is 114 Å². The first kappa shape index (κ1) is 31.2. The maximum absolute atomic E-state index is 12.9. The Balaban J connectivity index is 0.000000207. The summed E-state index contributed by atoms with van der Waals surface area (Å²) in [6, 6.07) is 8.37. The molecule has 0 atom stereocenters. The van der Waals surface area contributed by atoms with Crippen molar-refractivity contribution in [1.29, 1.82) is 0 Å². The van der Waals surface area contributed by atoms with Crippen LogP contribution in [0.1, 0.15) is 42.6 Å². The Labute approximate surface area is 260 Å². The molecule has 6 rings (SSSR count). The molecule has 0 radical (unpaired) electrons. The maximum atomic E-state index is 12.9. The van der Waals surface area contributed by atoms with Gasteiger partial charge < -0.3 is 10.0 Å². The van der Waals surface area contributed by atoms with Crippen molar-refractivity contribution in [1.82, 2.24) is 50.4 Å². The standard InChI is InChI=1S/C20H27BrN6O.C9H14N4O2/c21-19-4-2-1-3-17(19)14-26-9-11-27(12-10-26)20(28)16-5-7-25(8-6-16)15-18-13-22-24-23-18;14-9(15)7-1-3-13(4-2-7)6-8-5-10-12-11-8/h1-4,13,16H,5-12,14-15H2,(H,22,23,24);5,7H,1-4,6H2,(H,14,15)(H,10,11,12). The molecule has 0 aliphatic carbocycles. The van der Waals surface area contributed by atoms with Crippen molar-refractivity contribution >= 4 is 27.8 Å². The van der Waals surface area contributed by atoms with E-state index in [1.165, 1.54) is 5.56 Å². The Morgan fingerprint density at radius 3 is 1.74 bits per heavy atom. The normalized spacial score (nSPS) is 19.6. The number of aromatic nitrogens is 6. The predicted molar refractivity (Wildman–Crippen MR) is 162 cm³/mol. The smallest absolute Gasteiger partial charge is 0.306 e. The predicted octanol–water partition coefficient (Wildman–Crippen LogP) is 2.22. The van der Waals surface area contributed by atoms with Gasteiger partial charge in [-0.3, -0.25) is 24.3 Å². The highest BCUT2D eigenvalue weighted by molar-refractivity contribution is 9.10. The lowest BCUT2D eigenvalue weighted by Crippen LogP contribution is -2.51. The first-order valence-corrected chi connectivity index (χ1v) is 15.8. The summed E-state index contributed by atoms with van der Waals surface area (Å²) >= 11 is 3.63. The molecule has 43 heavy (non-hydrogen) atoms. The van der Waals surface area contributed by atoms with Crippen molar-refractivity contribution in [2.45, 2.75) is 45.3 Å². The van der Waals surface area contributed by atoms with E-state index in [9.17, 15) is 9.59 Å². The third-order valence-corrected chi connectivity index (χ3v) is 9.38. The van der Waals surface area contributed by atoms with Crippen molar-refractivity contribution < 1.29 is 14.7 Å². The molecule has 3 aliphatic heterocycles. The Kier molecular flexibility index (Phi) is 11.3. The summed E-state index contributed by atoms with van der Waals surface area (Å²) < 4.78 is 1.16. The van der Waals surface area contributed by atoms with Crippen molar-refractivity contribution in [3.05, 3.63) is 58.1 Å². The van der Waals surface area contributed by atoms with Gasteiger partial charge in [-0.2, -0.15) is 30.8 Å². The van der Waals surface area contributed by atoms with Gasteiger partial charge in [-0.15, -0.1) is 0 Å². The Morgan fingerprint density at radius 2 is 1.26 bits per heavy atom. The quantitative estimate of drug-likeness (QED) is 0.329. The molecule has 5 heterocycles. The maximum Gasteiger partial charge on any atom is 0.306 e. The summed E-state index contributed by atoms with van der Waals surface area (Å²) in [5, 5.41) is 29.7. The molecule has 1 aromatic carbocycles. The molecule has 3 aliphatic rings. The van der Waals surface area contributed by atoms with Crippen LogP contribution in [0, 0.1) is 11.8 Å². The number of halogens is 1. The van der Waals surface area contributed by atoms with Gasteiger partial charge in [0, 0.05) is 56.2 Å². The van der Waals surface area contributed by atoms with E-state index in [4.69, 9.17) is 5.11 Å². The highest BCUT2D eigenvalue weighted by atomic mass is 79.9. The van der Waals surface area contributed by atoms with Crippen LogP contribution < -0.4 is 0 Å². The van der Waals surface area contributed by atoms with Gasteiger partial charge in [0.05, 0.1) is 29.7 Å². The number of nitrogens with one attached hydrogen (secondary N) is 2. The van der Waals surface area contributed by atoms with E-state index >= 15 is 0 Å². The summed E-state index contributed by atoms with van der Waals surface area (Å²) in [4.78, 5) is 32.8. The number of aliphatic carboxylic acids is 1. The second-order valence-corrected chi connectivity index (χ2v) is 12.4. The molecule has 2 aromatic heterocycles. The fourth-order valence-electron chi connectivity index (χ4n) is 5.99. The van der Waals surface area contributed by atoms with Crippen molar-refractivity contribution in [2.75, 3.05) is 52.4 Å². The zero-order valence-electron chi connectivity index (χ0n) is 24.4. The lowest BCUT2D eigenvalue weighted by atomic mass is 9.95. The minimum absolute atomic E-state index is 0.168. The van der Waals surface area contributed by atoms with E-state index in [1.54, 1.807) is 12.4 Å². The number of carbonyl (C=O) groups is 2. The lowest BCUT2D eigenvalue weighted by molar-refractivity contribution is -0.143. The van der Waals surface area contributed by atoms with E-state index in [0.29, 0.717) is 5.91 Å². The summed E-state index contributed by atoms with van der Waals surface area (Å²) in [6.45, 7) is 9.60. The van der Waals surface area contributed by atoms with Crippen LogP contribution in [0.15, 0.2) is 41.1 Å². The van der Waals surface area contributed by atoms with Crippen molar-refractivity contribution in [3.8, 4) is 0 Å². The van der Waals surface area contributed by atoms with Gasteiger partial charge in [-0.05, 0) is 63.5 Å². The molecule has 0 spiro atoms. The second-order valence-electron chi connectivity index (χ2n) is 11.6. The van der Waals surface area contributed by atoms with Crippen LogP contribution in [-0.4, -0.2) is 120 Å². The molecule has 3 aromatic rings. The summed E-state index contributed by atoms with van der Waals surface area (Å²) in [6.07, 6.45) is 6.80. The minimum Gasteiger partial charge on any atom is -0.481 e. The number of carbonyl (C=O) groups excluding carboxylic acids is 1. The van der Waals surface area contributed by atoms with Crippen LogP contribution >= 0.6 is 15.9 Å². The minimum atomic E-state index is -0.670. The third-order valence-electron chi connectivity index (χ3n) is 8.61. The van der Waals surface area contributed by atoms with Gasteiger partial charge in [-0.1, -0.05) is 34.1 Å². The number of rotatable bonds is 8. The Bertz CT molecular complexity index is 1270. The van der Waals surface area contributed by atoms with Crippen molar-refractivity contribution in [2.24, 2.45) is 11.8 Å². The van der Waals surface area contributed by atoms with Crippen LogP contribution in [0.3, 0.4) is 0 Å². The Hall–Kier alpha value is -3.20. The number of hydrogen-bond acceptors (Lipinski definition) is 9. The van der Waals surface area contributed by atoms with Gasteiger partial charge in [0.2, 0.25) is 5.91 Å². The molecule has 13 nitrogen and oxygen atoms in total. The number of amides is 1. The molecule has 0 unspecified atom stereocenters. The number of piperidine rings is 2. The van der Waals surface area contributed by atoms with Crippen LogP contribution in [0.5, 0.6) is 0 Å². The average molecular weight is 658 g/mol. The second kappa shape index (κ2) is 15.5. The largest absolute Gasteiger partial charge is 0.481 e.